The summed E-state index contributed by atoms with van der Waals surface area (Å²) in [5.41, 5.74) is 2.23. The number of piperidine rings is 1. The standard InChI is InChI=1S/C28H34N2O3S/c1-33-23-11-12-27-25(19-23)21(13-15-29-27)7-5-8-22-14-17-30(20-26(22)28(31)32)16-6-18-34-24-9-3-2-4-10-24/h2-4,9-13,15,19,22,26H,5-8,14,16-18,20H2,1H3,(H,31,32)/t22-,26+/m1/s1. The molecule has 6 heteroatoms. The first kappa shape index (κ1) is 24.6. The summed E-state index contributed by atoms with van der Waals surface area (Å²) in [6.07, 6.45) is 6.76. The van der Waals surface area contributed by atoms with Crippen LogP contribution < -0.4 is 4.74 Å². The Labute approximate surface area is 206 Å². The third-order valence-electron chi connectivity index (χ3n) is 6.85. The molecule has 0 amide bonds. The largest absolute Gasteiger partial charge is 0.497 e. The first-order valence-corrected chi connectivity index (χ1v) is 13.2. The first-order chi connectivity index (χ1) is 16.6. The number of aromatic nitrogens is 1. The van der Waals surface area contributed by atoms with Gasteiger partial charge in [0.05, 0.1) is 18.5 Å². The molecule has 0 aliphatic carbocycles. The lowest BCUT2D eigenvalue weighted by molar-refractivity contribution is -0.146. The molecule has 0 spiro atoms. The molecule has 0 saturated carbocycles. The summed E-state index contributed by atoms with van der Waals surface area (Å²) in [6, 6.07) is 18.5. The summed E-state index contributed by atoms with van der Waals surface area (Å²) >= 11 is 1.87. The molecule has 2 atom stereocenters. The zero-order valence-corrected chi connectivity index (χ0v) is 20.7. The van der Waals surface area contributed by atoms with Crippen molar-refractivity contribution in [2.24, 2.45) is 11.8 Å². The van der Waals surface area contributed by atoms with Gasteiger partial charge in [0.15, 0.2) is 0 Å². The van der Waals surface area contributed by atoms with E-state index in [1.807, 2.05) is 42.2 Å². The van der Waals surface area contributed by atoms with Gasteiger partial charge in [-0.05, 0) is 98.8 Å². The molecule has 5 nitrogen and oxygen atoms in total. The van der Waals surface area contributed by atoms with Crippen molar-refractivity contribution in [1.82, 2.24) is 9.88 Å². The van der Waals surface area contributed by atoms with Gasteiger partial charge < -0.3 is 14.7 Å². The number of likely N-dealkylation sites (tertiary alicyclic amines) is 1. The van der Waals surface area contributed by atoms with Crippen LogP contribution in [0.4, 0.5) is 0 Å². The Balaban J connectivity index is 1.26. The van der Waals surface area contributed by atoms with Crippen molar-refractivity contribution in [3.63, 3.8) is 0 Å². The normalized spacial score (nSPS) is 18.7. The van der Waals surface area contributed by atoms with Crippen LogP contribution in [-0.2, 0) is 11.2 Å². The molecule has 180 valence electrons. The number of thioether (sulfide) groups is 1. The maximum atomic E-state index is 12.1. The number of methoxy groups -OCH3 is 1. The van der Waals surface area contributed by atoms with Crippen molar-refractivity contribution in [1.29, 1.82) is 0 Å². The molecule has 1 aliphatic heterocycles. The molecule has 1 fully saturated rings. The molecule has 1 aliphatic rings. The molecule has 1 aromatic heterocycles. The monoisotopic (exact) mass is 478 g/mol. The number of ether oxygens (including phenoxy) is 1. The van der Waals surface area contributed by atoms with E-state index in [1.165, 1.54) is 10.5 Å². The summed E-state index contributed by atoms with van der Waals surface area (Å²) in [6.45, 7) is 2.65. The molecular formula is C28H34N2O3S. The second-order valence-electron chi connectivity index (χ2n) is 9.05. The van der Waals surface area contributed by atoms with Crippen molar-refractivity contribution in [2.75, 3.05) is 32.5 Å². The quantitative estimate of drug-likeness (QED) is 0.279. The molecular weight excluding hydrogens is 444 g/mol. The third kappa shape index (κ3) is 6.51. The molecule has 0 unspecified atom stereocenters. The predicted octanol–water partition coefficient (Wildman–Crippen LogP) is 5.77. The number of benzene rings is 2. The first-order valence-electron chi connectivity index (χ1n) is 12.2. The molecule has 2 heterocycles. The number of aryl methyl sites for hydroxylation is 1. The number of carboxylic acids is 1. The summed E-state index contributed by atoms with van der Waals surface area (Å²) in [5, 5.41) is 11.0. The Morgan fingerprint density at radius 2 is 2.03 bits per heavy atom. The lowest BCUT2D eigenvalue weighted by Gasteiger charge is -2.36. The van der Waals surface area contributed by atoms with Crippen LogP contribution in [-0.4, -0.2) is 53.5 Å². The highest BCUT2D eigenvalue weighted by Gasteiger charge is 2.33. The second kappa shape index (κ2) is 12.2. The predicted molar refractivity (Wildman–Crippen MR) is 139 cm³/mol. The maximum Gasteiger partial charge on any atom is 0.308 e. The summed E-state index contributed by atoms with van der Waals surface area (Å²) in [5.74, 6) is 1.22. The van der Waals surface area contributed by atoms with E-state index in [0.717, 1.165) is 67.6 Å². The minimum Gasteiger partial charge on any atom is -0.497 e. The molecule has 3 aromatic rings. The molecule has 34 heavy (non-hydrogen) atoms. The lowest BCUT2D eigenvalue weighted by Crippen LogP contribution is -2.44. The van der Waals surface area contributed by atoms with Gasteiger partial charge in [0.25, 0.3) is 0 Å². The Morgan fingerprint density at radius 1 is 1.18 bits per heavy atom. The highest BCUT2D eigenvalue weighted by Crippen LogP contribution is 2.30. The number of hydrogen-bond acceptors (Lipinski definition) is 5. The molecule has 2 aromatic carbocycles. The van der Waals surface area contributed by atoms with Gasteiger partial charge in [-0.2, -0.15) is 0 Å². The van der Waals surface area contributed by atoms with E-state index in [4.69, 9.17) is 4.74 Å². The van der Waals surface area contributed by atoms with E-state index < -0.39 is 5.97 Å². The topological polar surface area (TPSA) is 62.7 Å². The van der Waals surface area contributed by atoms with Crippen LogP contribution in [0, 0.1) is 11.8 Å². The minimum atomic E-state index is -0.646. The number of carbonyl (C=O) groups is 1. The van der Waals surface area contributed by atoms with Crippen molar-refractivity contribution in [2.45, 2.75) is 37.0 Å². The zero-order valence-electron chi connectivity index (χ0n) is 19.9. The highest BCUT2D eigenvalue weighted by atomic mass is 32.2. The minimum absolute atomic E-state index is 0.245. The fourth-order valence-electron chi connectivity index (χ4n) is 4.97. The van der Waals surface area contributed by atoms with Crippen molar-refractivity contribution in [3.05, 3.63) is 66.4 Å². The van der Waals surface area contributed by atoms with Crippen LogP contribution in [0.15, 0.2) is 65.7 Å². The van der Waals surface area contributed by atoms with Gasteiger partial charge >= 0.3 is 5.97 Å². The fourth-order valence-corrected chi connectivity index (χ4v) is 5.83. The van der Waals surface area contributed by atoms with Crippen LogP contribution in [0.25, 0.3) is 10.9 Å². The Kier molecular flexibility index (Phi) is 8.83. The Bertz CT molecular complexity index is 1080. The molecule has 1 N–H and O–H groups in total. The number of pyridine rings is 1. The van der Waals surface area contributed by atoms with Crippen LogP contribution >= 0.6 is 11.8 Å². The van der Waals surface area contributed by atoms with E-state index in [-0.39, 0.29) is 11.8 Å². The summed E-state index contributed by atoms with van der Waals surface area (Å²) in [4.78, 5) is 20.2. The number of rotatable bonds is 11. The van der Waals surface area contributed by atoms with Gasteiger partial charge in [-0.25, -0.2) is 0 Å². The van der Waals surface area contributed by atoms with E-state index in [9.17, 15) is 9.90 Å². The van der Waals surface area contributed by atoms with Crippen LogP contribution in [0.5, 0.6) is 5.75 Å². The zero-order chi connectivity index (χ0) is 23.8. The lowest BCUT2D eigenvalue weighted by atomic mass is 9.81. The number of aliphatic carboxylic acids is 1. The molecule has 0 radical (unpaired) electrons. The second-order valence-corrected chi connectivity index (χ2v) is 10.2. The van der Waals surface area contributed by atoms with Crippen molar-refractivity contribution < 1.29 is 14.6 Å². The molecule has 1 saturated heterocycles. The molecule has 4 rings (SSSR count). The average molecular weight is 479 g/mol. The van der Waals surface area contributed by atoms with E-state index in [2.05, 4.69) is 40.2 Å². The van der Waals surface area contributed by atoms with Crippen LogP contribution in [0.3, 0.4) is 0 Å². The van der Waals surface area contributed by atoms with E-state index in [1.54, 1.807) is 7.11 Å². The number of nitrogens with zero attached hydrogens (tertiary/aromatic N) is 2. The van der Waals surface area contributed by atoms with Gasteiger partial charge in [0, 0.05) is 23.0 Å². The summed E-state index contributed by atoms with van der Waals surface area (Å²) < 4.78 is 5.39. The average Bonchev–Trinajstić information content (AvgIpc) is 2.87. The van der Waals surface area contributed by atoms with Gasteiger partial charge in [0.2, 0.25) is 0 Å². The SMILES string of the molecule is COc1ccc2nccc(CCC[C@@H]3CCN(CCCSc4ccccc4)C[C@@H]3C(=O)O)c2c1. The van der Waals surface area contributed by atoms with Gasteiger partial charge in [-0.15, -0.1) is 11.8 Å². The third-order valence-corrected chi connectivity index (χ3v) is 7.95. The Morgan fingerprint density at radius 3 is 2.82 bits per heavy atom. The van der Waals surface area contributed by atoms with Crippen LogP contribution in [0.1, 0.15) is 31.2 Å². The van der Waals surface area contributed by atoms with Gasteiger partial charge in [-0.1, -0.05) is 18.2 Å². The van der Waals surface area contributed by atoms with E-state index >= 15 is 0 Å². The number of hydrogen-bond donors (Lipinski definition) is 1. The maximum absolute atomic E-state index is 12.1. The highest BCUT2D eigenvalue weighted by molar-refractivity contribution is 7.99. The Hall–Kier alpha value is -2.57. The summed E-state index contributed by atoms with van der Waals surface area (Å²) in [7, 11) is 1.68. The van der Waals surface area contributed by atoms with Crippen LogP contribution in [0.2, 0.25) is 0 Å². The number of carboxylic acid groups (broad SMARTS) is 1. The van der Waals surface area contributed by atoms with Gasteiger partial charge in [0.1, 0.15) is 5.75 Å². The molecule has 0 bridgehead atoms. The van der Waals surface area contributed by atoms with Crippen molar-refractivity contribution >= 4 is 28.6 Å². The number of fused-ring (bicyclic) bond motifs is 1. The van der Waals surface area contributed by atoms with Gasteiger partial charge in [-0.3, -0.25) is 9.78 Å². The van der Waals surface area contributed by atoms with Crippen molar-refractivity contribution in [3.8, 4) is 5.75 Å². The smallest absolute Gasteiger partial charge is 0.308 e. The fraction of sp³-hybridized carbons (Fsp3) is 0.429. The van der Waals surface area contributed by atoms with E-state index in [0.29, 0.717) is 6.54 Å².